The van der Waals surface area contributed by atoms with Gasteiger partial charge in [0.05, 0.1) is 11.6 Å². The summed E-state index contributed by atoms with van der Waals surface area (Å²) in [5.74, 6) is 2.55. The van der Waals surface area contributed by atoms with Gasteiger partial charge in [-0.2, -0.15) is 5.26 Å². The quantitative estimate of drug-likeness (QED) is 0.583. The summed E-state index contributed by atoms with van der Waals surface area (Å²) in [6.45, 7) is 4.64. The van der Waals surface area contributed by atoms with E-state index in [2.05, 4.69) is 32.0 Å². The highest BCUT2D eigenvalue weighted by molar-refractivity contribution is 5.33. The van der Waals surface area contributed by atoms with Crippen LogP contribution in [0.1, 0.15) is 82.3 Å². The zero-order valence-corrected chi connectivity index (χ0v) is 13.6. The number of rotatable bonds is 6. The van der Waals surface area contributed by atoms with Crippen LogP contribution in [-0.4, -0.2) is 0 Å². The number of nitrogens with zero attached hydrogens (tertiary/aromatic N) is 1. The van der Waals surface area contributed by atoms with Gasteiger partial charge >= 0.3 is 0 Å². The Morgan fingerprint density at radius 3 is 2.29 bits per heavy atom. The van der Waals surface area contributed by atoms with Crippen LogP contribution in [-0.2, 0) is 0 Å². The molecule has 21 heavy (non-hydrogen) atoms. The fourth-order valence-electron chi connectivity index (χ4n) is 3.60. The SMILES string of the molecule is CC(C)CCCCC1CCC(c2ccc(C#N)cc2)CC1. The van der Waals surface area contributed by atoms with Gasteiger partial charge in [0.25, 0.3) is 0 Å². The minimum atomic E-state index is 0.727. The minimum absolute atomic E-state index is 0.727. The van der Waals surface area contributed by atoms with Crippen molar-refractivity contribution in [3.05, 3.63) is 35.4 Å². The van der Waals surface area contributed by atoms with Gasteiger partial charge in [0, 0.05) is 0 Å². The van der Waals surface area contributed by atoms with E-state index in [1.54, 1.807) is 0 Å². The molecule has 0 saturated heterocycles. The third-order valence-corrected chi connectivity index (χ3v) is 5.00. The molecule has 1 aromatic carbocycles. The number of unbranched alkanes of at least 4 members (excludes halogenated alkanes) is 1. The summed E-state index contributed by atoms with van der Waals surface area (Å²) in [5, 5.41) is 8.86. The topological polar surface area (TPSA) is 23.8 Å². The molecule has 0 unspecified atom stereocenters. The van der Waals surface area contributed by atoms with Gasteiger partial charge in [-0.05, 0) is 61.1 Å². The standard InChI is InChI=1S/C20H29N/c1-16(2)5-3-4-6-17-7-11-19(12-8-17)20-13-9-18(15-21)10-14-20/h9-10,13-14,16-17,19H,3-8,11-12H2,1-2H3. The van der Waals surface area contributed by atoms with E-state index < -0.39 is 0 Å². The van der Waals surface area contributed by atoms with Crippen molar-refractivity contribution in [3.8, 4) is 6.07 Å². The van der Waals surface area contributed by atoms with Gasteiger partial charge in [0.15, 0.2) is 0 Å². The zero-order valence-electron chi connectivity index (χ0n) is 13.6. The Kier molecular flexibility index (Phi) is 6.30. The monoisotopic (exact) mass is 283 g/mol. The molecule has 114 valence electrons. The normalized spacial score (nSPS) is 22.2. The van der Waals surface area contributed by atoms with Gasteiger partial charge < -0.3 is 0 Å². The van der Waals surface area contributed by atoms with E-state index in [1.807, 2.05) is 12.1 Å². The Morgan fingerprint density at radius 2 is 1.71 bits per heavy atom. The molecule has 0 spiro atoms. The summed E-state index contributed by atoms with van der Waals surface area (Å²) in [7, 11) is 0. The zero-order chi connectivity index (χ0) is 15.1. The molecular weight excluding hydrogens is 254 g/mol. The van der Waals surface area contributed by atoms with Crippen LogP contribution in [0.2, 0.25) is 0 Å². The molecule has 1 aromatic rings. The largest absolute Gasteiger partial charge is 0.192 e. The Balaban J connectivity index is 1.71. The number of benzene rings is 1. The predicted molar refractivity (Wildman–Crippen MR) is 89.2 cm³/mol. The average molecular weight is 283 g/mol. The maximum absolute atomic E-state index is 8.86. The fraction of sp³-hybridized carbons (Fsp3) is 0.650. The molecule has 0 radical (unpaired) electrons. The lowest BCUT2D eigenvalue weighted by atomic mass is 9.77. The van der Waals surface area contributed by atoms with Crippen LogP contribution in [0, 0.1) is 23.2 Å². The molecular formula is C20H29N. The molecule has 1 fully saturated rings. The summed E-state index contributed by atoms with van der Waals surface area (Å²) in [4.78, 5) is 0. The van der Waals surface area contributed by atoms with E-state index >= 15 is 0 Å². The molecule has 1 aliphatic carbocycles. The van der Waals surface area contributed by atoms with E-state index in [-0.39, 0.29) is 0 Å². The highest BCUT2D eigenvalue weighted by Gasteiger charge is 2.21. The van der Waals surface area contributed by atoms with Crippen molar-refractivity contribution in [2.75, 3.05) is 0 Å². The molecule has 0 atom stereocenters. The molecule has 1 saturated carbocycles. The van der Waals surface area contributed by atoms with Crippen molar-refractivity contribution < 1.29 is 0 Å². The number of hydrogen-bond donors (Lipinski definition) is 0. The van der Waals surface area contributed by atoms with Gasteiger partial charge in [0.2, 0.25) is 0 Å². The maximum Gasteiger partial charge on any atom is 0.0991 e. The minimum Gasteiger partial charge on any atom is -0.192 e. The van der Waals surface area contributed by atoms with E-state index in [9.17, 15) is 0 Å². The third-order valence-electron chi connectivity index (χ3n) is 5.00. The van der Waals surface area contributed by atoms with Crippen LogP contribution in [0.5, 0.6) is 0 Å². The van der Waals surface area contributed by atoms with E-state index in [1.165, 1.54) is 56.9 Å². The maximum atomic E-state index is 8.86. The van der Waals surface area contributed by atoms with Crippen LogP contribution < -0.4 is 0 Å². The summed E-state index contributed by atoms with van der Waals surface area (Å²) in [5.41, 5.74) is 2.21. The molecule has 1 aliphatic rings. The second-order valence-electron chi connectivity index (χ2n) is 7.13. The average Bonchev–Trinajstić information content (AvgIpc) is 2.52. The lowest BCUT2D eigenvalue weighted by Gasteiger charge is -2.29. The summed E-state index contributed by atoms with van der Waals surface area (Å²) in [6, 6.07) is 10.4. The van der Waals surface area contributed by atoms with Gasteiger partial charge in [-0.15, -0.1) is 0 Å². The Morgan fingerprint density at radius 1 is 1.05 bits per heavy atom. The Labute approximate surface area is 130 Å². The predicted octanol–water partition coefficient (Wildman–Crippen LogP) is 6.05. The molecule has 1 nitrogen and oxygen atoms in total. The summed E-state index contributed by atoms with van der Waals surface area (Å²) in [6.07, 6.45) is 11.1. The molecule has 0 N–H and O–H groups in total. The molecule has 2 rings (SSSR count). The van der Waals surface area contributed by atoms with Gasteiger partial charge in [0.1, 0.15) is 0 Å². The molecule has 1 heteroatoms. The Bertz CT molecular complexity index is 444. The Hall–Kier alpha value is -1.29. The fourth-order valence-corrected chi connectivity index (χ4v) is 3.60. The van der Waals surface area contributed by atoms with Gasteiger partial charge in [-0.1, -0.05) is 51.7 Å². The number of nitriles is 1. The van der Waals surface area contributed by atoms with Crippen molar-refractivity contribution in [3.63, 3.8) is 0 Å². The van der Waals surface area contributed by atoms with Crippen LogP contribution in [0.15, 0.2) is 24.3 Å². The third kappa shape index (κ3) is 5.20. The van der Waals surface area contributed by atoms with Crippen LogP contribution in [0.4, 0.5) is 0 Å². The molecule has 0 heterocycles. The molecule has 0 aromatic heterocycles. The second-order valence-corrected chi connectivity index (χ2v) is 7.13. The first-order valence-corrected chi connectivity index (χ1v) is 8.69. The van der Waals surface area contributed by atoms with Crippen LogP contribution in [0.25, 0.3) is 0 Å². The van der Waals surface area contributed by atoms with E-state index in [0.29, 0.717) is 0 Å². The van der Waals surface area contributed by atoms with Crippen LogP contribution in [0.3, 0.4) is 0 Å². The first kappa shape index (κ1) is 16.1. The van der Waals surface area contributed by atoms with Gasteiger partial charge in [-0.25, -0.2) is 0 Å². The lowest BCUT2D eigenvalue weighted by molar-refractivity contribution is 0.300. The highest BCUT2D eigenvalue weighted by atomic mass is 14.3. The van der Waals surface area contributed by atoms with Gasteiger partial charge in [-0.3, -0.25) is 0 Å². The molecule has 0 bridgehead atoms. The molecule has 0 aliphatic heterocycles. The van der Waals surface area contributed by atoms with Crippen molar-refractivity contribution in [2.45, 2.75) is 71.1 Å². The summed E-state index contributed by atoms with van der Waals surface area (Å²) < 4.78 is 0. The highest BCUT2D eigenvalue weighted by Crippen LogP contribution is 2.37. The van der Waals surface area contributed by atoms with Crippen molar-refractivity contribution in [1.82, 2.24) is 0 Å². The van der Waals surface area contributed by atoms with Crippen molar-refractivity contribution in [1.29, 1.82) is 5.26 Å². The first-order chi connectivity index (χ1) is 10.2. The van der Waals surface area contributed by atoms with E-state index in [0.717, 1.165) is 23.3 Å². The number of hydrogen-bond acceptors (Lipinski definition) is 1. The smallest absolute Gasteiger partial charge is 0.0991 e. The van der Waals surface area contributed by atoms with Crippen LogP contribution >= 0.6 is 0 Å². The van der Waals surface area contributed by atoms with Crippen molar-refractivity contribution in [2.24, 2.45) is 11.8 Å². The second kappa shape index (κ2) is 8.23. The molecule has 0 amide bonds. The summed E-state index contributed by atoms with van der Waals surface area (Å²) >= 11 is 0. The van der Waals surface area contributed by atoms with E-state index in [4.69, 9.17) is 5.26 Å². The lowest BCUT2D eigenvalue weighted by Crippen LogP contribution is -2.13. The first-order valence-electron chi connectivity index (χ1n) is 8.69. The van der Waals surface area contributed by atoms with Crippen molar-refractivity contribution >= 4 is 0 Å².